The number of pyridine rings is 1. The summed E-state index contributed by atoms with van der Waals surface area (Å²) >= 11 is 6.27. The Hall–Kier alpha value is -1.78. The number of likely N-dealkylation sites (tertiary alicyclic amines) is 1. The van der Waals surface area contributed by atoms with Crippen LogP contribution in [0.1, 0.15) is 46.1 Å². The molecule has 2 heterocycles. The van der Waals surface area contributed by atoms with E-state index < -0.39 is 0 Å². The van der Waals surface area contributed by atoms with Gasteiger partial charge in [0.25, 0.3) is 0 Å². The first kappa shape index (κ1) is 20.9. The molecule has 1 saturated heterocycles. The van der Waals surface area contributed by atoms with Crippen molar-refractivity contribution in [2.24, 2.45) is 0 Å². The fourth-order valence-corrected chi connectivity index (χ4v) is 4.10. The van der Waals surface area contributed by atoms with Gasteiger partial charge < -0.3 is 10.2 Å². The minimum absolute atomic E-state index is 0.0251. The van der Waals surface area contributed by atoms with Gasteiger partial charge >= 0.3 is 0 Å². The molecule has 0 radical (unpaired) electrons. The minimum Gasteiger partial charge on any atom is -0.377 e. The predicted molar refractivity (Wildman–Crippen MR) is 120 cm³/mol. The van der Waals surface area contributed by atoms with E-state index >= 15 is 0 Å². The molecular formula is C23H33ClN4. The molecule has 0 bridgehead atoms. The van der Waals surface area contributed by atoms with Gasteiger partial charge in [0.2, 0.25) is 0 Å². The van der Waals surface area contributed by atoms with Crippen LogP contribution in [0, 0.1) is 0 Å². The third-order valence-corrected chi connectivity index (χ3v) is 5.42. The number of aromatic nitrogens is 1. The third-order valence-electron chi connectivity index (χ3n) is 5.21. The molecule has 28 heavy (non-hydrogen) atoms. The van der Waals surface area contributed by atoms with Gasteiger partial charge in [0.1, 0.15) is 5.15 Å². The van der Waals surface area contributed by atoms with Gasteiger partial charge in [-0.3, -0.25) is 4.90 Å². The first-order valence-corrected chi connectivity index (χ1v) is 10.7. The smallest absolute Gasteiger partial charge is 0.154 e. The van der Waals surface area contributed by atoms with Crippen molar-refractivity contribution in [2.75, 3.05) is 29.9 Å². The zero-order chi connectivity index (χ0) is 20.1. The van der Waals surface area contributed by atoms with Gasteiger partial charge in [-0.15, -0.1) is 0 Å². The zero-order valence-corrected chi connectivity index (χ0v) is 18.3. The number of nitrogens with zero attached hydrogens (tertiary/aromatic N) is 3. The number of piperidine rings is 1. The molecule has 1 N–H and O–H groups in total. The molecule has 0 saturated carbocycles. The topological polar surface area (TPSA) is 31.4 Å². The molecule has 0 atom stereocenters. The zero-order valence-electron chi connectivity index (χ0n) is 17.6. The molecule has 0 spiro atoms. The molecule has 0 aliphatic carbocycles. The van der Waals surface area contributed by atoms with Crippen LogP contribution in [-0.4, -0.2) is 41.1 Å². The Morgan fingerprint density at radius 2 is 1.79 bits per heavy atom. The Labute approximate surface area is 174 Å². The van der Waals surface area contributed by atoms with Crippen molar-refractivity contribution in [2.45, 2.75) is 58.7 Å². The van der Waals surface area contributed by atoms with Crippen LogP contribution in [0.2, 0.25) is 5.15 Å². The van der Waals surface area contributed by atoms with Gasteiger partial charge in [0.05, 0.1) is 5.69 Å². The second-order valence-corrected chi connectivity index (χ2v) is 9.05. The van der Waals surface area contributed by atoms with Crippen molar-refractivity contribution in [3.63, 3.8) is 0 Å². The molecule has 0 unspecified atom stereocenters. The number of halogens is 1. The largest absolute Gasteiger partial charge is 0.377 e. The number of nitrogens with one attached hydrogen (secondary N) is 1. The van der Waals surface area contributed by atoms with Crippen molar-refractivity contribution in [3.05, 3.63) is 53.2 Å². The highest BCUT2D eigenvalue weighted by molar-refractivity contribution is 6.29. The highest BCUT2D eigenvalue weighted by atomic mass is 35.5. The summed E-state index contributed by atoms with van der Waals surface area (Å²) in [6.07, 6.45) is 2.29. The van der Waals surface area contributed by atoms with Crippen LogP contribution in [0.25, 0.3) is 0 Å². The lowest BCUT2D eigenvalue weighted by Crippen LogP contribution is -2.45. The minimum atomic E-state index is -0.0251. The van der Waals surface area contributed by atoms with E-state index in [1.807, 2.05) is 6.07 Å². The molecule has 1 aliphatic heterocycles. The molecule has 4 nitrogen and oxygen atoms in total. The Morgan fingerprint density at radius 1 is 1.11 bits per heavy atom. The number of rotatable bonds is 6. The first-order valence-electron chi connectivity index (χ1n) is 10.3. The van der Waals surface area contributed by atoms with Crippen molar-refractivity contribution in [1.29, 1.82) is 0 Å². The van der Waals surface area contributed by atoms with Gasteiger partial charge in [-0.2, -0.15) is 0 Å². The molecular weight excluding hydrogens is 368 g/mol. The van der Waals surface area contributed by atoms with Crippen molar-refractivity contribution < 1.29 is 0 Å². The Balaban J connectivity index is 1.70. The molecule has 1 fully saturated rings. The molecule has 5 heteroatoms. The highest BCUT2D eigenvalue weighted by Crippen LogP contribution is 2.32. The summed E-state index contributed by atoms with van der Waals surface area (Å²) in [6.45, 7) is 12.9. The van der Waals surface area contributed by atoms with Crippen LogP contribution in [-0.2, 0) is 6.54 Å². The molecule has 152 valence electrons. The van der Waals surface area contributed by atoms with Crippen LogP contribution in [0.3, 0.4) is 0 Å². The van der Waals surface area contributed by atoms with Crippen LogP contribution in [0.15, 0.2) is 42.5 Å². The monoisotopic (exact) mass is 400 g/mol. The lowest BCUT2D eigenvalue weighted by molar-refractivity contribution is 0.201. The predicted octanol–water partition coefficient (Wildman–Crippen LogP) is 5.44. The first-order chi connectivity index (χ1) is 13.4. The van der Waals surface area contributed by atoms with E-state index in [-0.39, 0.29) is 5.54 Å². The maximum Gasteiger partial charge on any atom is 0.154 e. The van der Waals surface area contributed by atoms with Gasteiger partial charge in [-0.1, -0.05) is 41.9 Å². The molecule has 2 aromatic rings. The van der Waals surface area contributed by atoms with E-state index in [4.69, 9.17) is 16.6 Å². The van der Waals surface area contributed by atoms with E-state index in [1.54, 1.807) is 0 Å². The fourth-order valence-electron chi connectivity index (χ4n) is 3.96. The van der Waals surface area contributed by atoms with Gasteiger partial charge in [-0.05, 0) is 58.2 Å². The fraction of sp³-hybridized carbons (Fsp3) is 0.522. The normalized spacial score (nSPS) is 16.2. The van der Waals surface area contributed by atoms with Crippen LogP contribution < -0.4 is 10.2 Å². The Bertz CT molecular complexity index is 749. The standard InChI is InChI=1S/C23H33ClN4/c1-5-28(22-20(26-23(2,3)4)11-12-21(24)25-22)19-13-15-27(16-14-19)17-18-9-7-6-8-10-18/h6-12,19,26H,5,13-17H2,1-4H3. The average molecular weight is 401 g/mol. The summed E-state index contributed by atoms with van der Waals surface area (Å²) in [7, 11) is 0. The maximum atomic E-state index is 6.27. The van der Waals surface area contributed by atoms with E-state index in [2.05, 4.69) is 79.2 Å². The Morgan fingerprint density at radius 3 is 2.39 bits per heavy atom. The number of hydrogen-bond acceptors (Lipinski definition) is 4. The molecule has 3 rings (SSSR count). The number of anilines is 2. The quantitative estimate of drug-likeness (QED) is 0.654. The summed E-state index contributed by atoms with van der Waals surface area (Å²) in [4.78, 5) is 9.69. The molecule has 1 aliphatic rings. The highest BCUT2D eigenvalue weighted by Gasteiger charge is 2.27. The van der Waals surface area contributed by atoms with Crippen LogP contribution >= 0.6 is 11.6 Å². The van der Waals surface area contributed by atoms with E-state index in [0.717, 1.165) is 50.5 Å². The van der Waals surface area contributed by atoms with Gasteiger partial charge in [-0.25, -0.2) is 4.98 Å². The Kier molecular flexibility index (Phi) is 6.84. The third kappa shape index (κ3) is 5.62. The van der Waals surface area contributed by atoms with E-state index in [1.165, 1.54) is 5.56 Å². The van der Waals surface area contributed by atoms with E-state index in [0.29, 0.717) is 11.2 Å². The SMILES string of the molecule is CCN(c1nc(Cl)ccc1NC(C)(C)C)C1CCN(Cc2ccccc2)CC1. The summed E-state index contributed by atoms with van der Waals surface area (Å²) in [5.74, 6) is 0.978. The lowest BCUT2D eigenvalue weighted by atomic mass is 10.0. The van der Waals surface area contributed by atoms with Crippen molar-refractivity contribution in [1.82, 2.24) is 9.88 Å². The maximum absolute atomic E-state index is 6.27. The second kappa shape index (κ2) is 9.15. The lowest BCUT2D eigenvalue weighted by Gasteiger charge is -2.40. The molecule has 1 aromatic carbocycles. The summed E-state index contributed by atoms with van der Waals surface area (Å²) in [5, 5.41) is 4.15. The number of hydrogen-bond donors (Lipinski definition) is 1. The second-order valence-electron chi connectivity index (χ2n) is 8.66. The van der Waals surface area contributed by atoms with Gasteiger partial charge in [0.15, 0.2) is 5.82 Å². The van der Waals surface area contributed by atoms with Crippen molar-refractivity contribution in [3.8, 4) is 0 Å². The van der Waals surface area contributed by atoms with E-state index in [9.17, 15) is 0 Å². The molecule has 1 aromatic heterocycles. The van der Waals surface area contributed by atoms with Crippen LogP contribution in [0.4, 0.5) is 11.5 Å². The summed E-state index contributed by atoms with van der Waals surface area (Å²) in [5.41, 5.74) is 2.43. The molecule has 0 amide bonds. The van der Waals surface area contributed by atoms with Crippen LogP contribution in [0.5, 0.6) is 0 Å². The average Bonchev–Trinajstić information content (AvgIpc) is 2.66. The summed E-state index contributed by atoms with van der Waals surface area (Å²) < 4.78 is 0. The summed E-state index contributed by atoms with van der Waals surface area (Å²) in [6, 6.07) is 15.2. The van der Waals surface area contributed by atoms with Crippen molar-refractivity contribution >= 4 is 23.1 Å². The van der Waals surface area contributed by atoms with Gasteiger partial charge in [0, 0.05) is 37.8 Å². The number of benzene rings is 1.